The SMILES string of the molecule is C(=C\[C@H](c1ccccc1)c1c[nH]c2ccc(OCc3ccccc3)cc12)/c1ccccc1. The summed E-state index contributed by atoms with van der Waals surface area (Å²) in [6.07, 6.45) is 6.61. The first-order valence-electron chi connectivity index (χ1n) is 10.9. The van der Waals surface area contributed by atoms with E-state index >= 15 is 0 Å². The second kappa shape index (κ2) is 9.40. The van der Waals surface area contributed by atoms with Crippen molar-refractivity contribution in [3.8, 4) is 5.75 Å². The lowest BCUT2D eigenvalue weighted by molar-refractivity contribution is 0.306. The third-order valence-electron chi connectivity index (χ3n) is 5.71. The molecule has 0 saturated heterocycles. The predicted molar refractivity (Wildman–Crippen MR) is 133 cm³/mol. The lowest BCUT2D eigenvalue weighted by atomic mass is 9.90. The van der Waals surface area contributed by atoms with Crippen molar-refractivity contribution in [3.63, 3.8) is 0 Å². The zero-order valence-electron chi connectivity index (χ0n) is 17.8. The van der Waals surface area contributed by atoms with Crippen molar-refractivity contribution in [1.82, 2.24) is 4.98 Å². The molecule has 0 unspecified atom stereocenters. The summed E-state index contributed by atoms with van der Waals surface area (Å²) in [5.74, 6) is 1.01. The minimum atomic E-state index is 0.134. The number of H-pyrrole nitrogens is 1. The van der Waals surface area contributed by atoms with Crippen molar-refractivity contribution < 1.29 is 4.74 Å². The first-order chi connectivity index (χ1) is 15.9. The Labute approximate surface area is 188 Å². The molecule has 0 bridgehead atoms. The minimum Gasteiger partial charge on any atom is -0.489 e. The summed E-state index contributed by atoms with van der Waals surface area (Å²) in [6.45, 7) is 0.558. The van der Waals surface area contributed by atoms with Crippen LogP contribution in [0.1, 0.15) is 28.2 Å². The summed E-state index contributed by atoms with van der Waals surface area (Å²) in [5.41, 5.74) is 5.97. The Morgan fingerprint density at radius 1 is 0.750 bits per heavy atom. The van der Waals surface area contributed by atoms with Crippen LogP contribution >= 0.6 is 0 Å². The first-order valence-corrected chi connectivity index (χ1v) is 10.9. The maximum Gasteiger partial charge on any atom is 0.120 e. The summed E-state index contributed by atoms with van der Waals surface area (Å²) in [4.78, 5) is 3.45. The smallest absolute Gasteiger partial charge is 0.120 e. The lowest BCUT2D eigenvalue weighted by Crippen LogP contribution is -1.98. The molecule has 5 aromatic rings. The Bertz CT molecular complexity index is 1300. The van der Waals surface area contributed by atoms with Crippen molar-refractivity contribution >= 4 is 17.0 Å². The van der Waals surface area contributed by atoms with Crippen molar-refractivity contribution in [2.24, 2.45) is 0 Å². The van der Waals surface area contributed by atoms with Gasteiger partial charge in [-0.2, -0.15) is 0 Å². The van der Waals surface area contributed by atoms with Crippen molar-refractivity contribution in [2.45, 2.75) is 12.5 Å². The van der Waals surface area contributed by atoms with Gasteiger partial charge in [-0.1, -0.05) is 103 Å². The number of nitrogens with one attached hydrogen (secondary N) is 1. The van der Waals surface area contributed by atoms with E-state index in [4.69, 9.17) is 4.74 Å². The molecular weight excluding hydrogens is 390 g/mol. The molecule has 0 aliphatic heterocycles. The Morgan fingerprint density at radius 3 is 2.19 bits per heavy atom. The van der Waals surface area contributed by atoms with E-state index in [0.29, 0.717) is 6.61 Å². The number of hydrogen-bond donors (Lipinski definition) is 1. The third kappa shape index (κ3) is 4.50. The van der Waals surface area contributed by atoms with Crippen LogP contribution in [-0.4, -0.2) is 4.98 Å². The van der Waals surface area contributed by atoms with Crippen LogP contribution in [0.3, 0.4) is 0 Å². The molecule has 0 fully saturated rings. The highest BCUT2D eigenvalue weighted by atomic mass is 16.5. The quantitative estimate of drug-likeness (QED) is 0.291. The van der Waals surface area contributed by atoms with Gasteiger partial charge >= 0.3 is 0 Å². The topological polar surface area (TPSA) is 25.0 Å². The van der Waals surface area contributed by atoms with Crippen LogP contribution in [0.4, 0.5) is 0 Å². The molecule has 0 radical (unpaired) electrons. The van der Waals surface area contributed by atoms with Crippen molar-refractivity contribution in [1.29, 1.82) is 0 Å². The molecule has 0 amide bonds. The second-order valence-electron chi connectivity index (χ2n) is 7.88. The number of rotatable bonds is 7. The van der Waals surface area contributed by atoms with E-state index in [1.54, 1.807) is 0 Å². The van der Waals surface area contributed by atoms with Gasteiger partial charge in [0.25, 0.3) is 0 Å². The molecule has 0 spiro atoms. The lowest BCUT2D eigenvalue weighted by Gasteiger charge is -2.14. The van der Waals surface area contributed by atoms with Gasteiger partial charge in [-0.25, -0.2) is 0 Å². The van der Waals surface area contributed by atoms with Gasteiger partial charge in [0.2, 0.25) is 0 Å². The minimum absolute atomic E-state index is 0.134. The van der Waals surface area contributed by atoms with E-state index in [9.17, 15) is 0 Å². The molecule has 2 heteroatoms. The number of allylic oxidation sites excluding steroid dienone is 1. The molecule has 5 rings (SSSR count). The number of aromatic amines is 1. The molecule has 0 aliphatic carbocycles. The summed E-state index contributed by atoms with van der Waals surface area (Å²) < 4.78 is 6.11. The van der Waals surface area contributed by atoms with Crippen LogP contribution in [0, 0.1) is 0 Å². The maximum absolute atomic E-state index is 6.11. The average Bonchev–Trinajstić information content (AvgIpc) is 3.28. The van der Waals surface area contributed by atoms with Crippen LogP contribution in [0.2, 0.25) is 0 Å². The van der Waals surface area contributed by atoms with Gasteiger partial charge in [-0.3, -0.25) is 0 Å². The molecular formula is C30H25NO. The Kier molecular flexibility index (Phi) is 5.85. The summed E-state index contributed by atoms with van der Waals surface area (Å²) in [7, 11) is 0. The monoisotopic (exact) mass is 415 g/mol. The van der Waals surface area contributed by atoms with Gasteiger partial charge < -0.3 is 9.72 Å². The third-order valence-corrected chi connectivity index (χ3v) is 5.71. The fourth-order valence-corrected chi connectivity index (χ4v) is 4.04. The summed E-state index contributed by atoms with van der Waals surface area (Å²) in [5, 5.41) is 1.18. The average molecular weight is 416 g/mol. The molecule has 4 aromatic carbocycles. The van der Waals surface area contributed by atoms with E-state index in [-0.39, 0.29) is 5.92 Å². The van der Waals surface area contributed by atoms with Crippen molar-refractivity contribution in [2.75, 3.05) is 0 Å². The van der Waals surface area contributed by atoms with Gasteiger partial charge in [-0.05, 0) is 40.5 Å². The first kappa shape index (κ1) is 19.9. The molecule has 2 nitrogen and oxygen atoms in total. The van der Waals surface area contributed by atoms with Gasteiger partial charge in [0.1, 0.15) is 12.4 Å². The van der Waals surface area contributed by atoms with Crippen LogP contribution in [0.15, 0.2) is 121 Å². The fraction of sp³-hybridized carbons (Fsp3) is 0.0667. The number of hydrogen-bond acceptors (Lipinski definition) is 1. The molecule has 0 aliphatic rings. The highest BCUT2D eigenvalue weighted by Gasteiger charge is 2.16. The highest BCUT2D eigenvalue weighted by molar-refractivity contribution is 5.86. The normalized spacial score (nSPS) is 12.2. The Balaban J connectivity index is 1.49. The number of aromatic nitrogens is 1. The molecule has 1 aromatic heterocycles. The number of fused-ring (bicyclic) bond motifs is 1. The fourth-order valence-electron chi connectivity index (χ4n) is 4.04. The Hall–Kier alpha value is -4.04. The second-order valence-corrected chi connectivity index (χ2v) is 7.88. The molecule has 32 heavy (non-hydrogen) atoms. The number of ether oxygens (including phenoxy) is 1. The molecule has 1 N–H and O–H groups in total. The van der Waals surface area contributed by atoms with Gasteiger partial charge in [0, 0.05) is 23.0 Å². The summed E-state index contributed by atoms with van der Waals surface area (Å²) in [6, 6.07) is 37.6. The molecule has 156 valence electrons. The van der Waals surface area contributed by atoms with E-state index in [2.05, 4.69) is 102 Å². The van der Waals surface area contributed by atoms with Crippen LogP contribution in [0.25, 0.3) is 17.0 Å². The largest absolute Gasteiger partial charge is 0.489 e. The van der Waals surface area contributed by atoms with Crippen LogP contribution < -0.4 is 4.74 Å². The van der Waals surface area contributed by atoms with Gasteiger partial charge in [0.15, 0.2) is 0 Å². The predicted octanol–water partition coefficient (Wildman–Crippen LogP) is 7.59. The maximum atomic E-state index is 6.11. The van der Waals surface area contributed by atoms with Crippen LogP contribution in [-0.2, 0) is 6.61 Å². The molecule has 1 atom stereocenters. The van der Waals surface area contributed by atoms with Crippen molar-refractivity contribution in [3.05, 3.63) is 144 Å². The standard InChI is InChI=1S/C30H25NO/c1-4-10-23(11-5-1)16-18-27(25-14-8-3-9-15-25)29-21-31-30-19-17-26(20-28(29)30)32-22-24-12-6-2-7-13-24/h1-21,27,31H,22H2/b18-16+/t27-/m1/s1. The summed E-state index contributed by atoms with van der Waals surface area (Å²) >= 11 is 0. The van der Waals surface area contributed by atoms with E-state index in [0.717, 1.165) is 16.8 Å². The van der Waals surface area contributed by atoms with E-state index < -0.39 is 0 Å². The van der Waals surface area contributed by atoms with Crippen LogP contribution in [0.5, 0.6) is 5.75 Å². The van der Waals surface area contributed by atoms with E-state index in [1.165, 1.54) is 22.1 Å². The molecule has 0 saturated carbocycles. The number of benzene rings is 4. The zero-order chi connectivity index (χ0) is 21.6. The van der Waals surface area contributed by atoms with Gasteiger partial charge in [0.05, 0.1) is 0 Å². The van der Waals surface area contributed by atoms with E-state index in [1.807, 2.05) is 30.3 Å². The highest BCUT2D eigenvalue weighted by Crippen LogP contribution is 2.34. The van der Waals surface area contributed by atoms with Gasteiger partial charge in [-0.15, -0.1) is 0 Å². The Morgan fingerprint density at radius 2 is 1.44 bits per heavy atom. The molecule has 1 heterocycles. The zero-order valence-corrected chi connectivity index (χ0v) is 17.8.